The van der Waals surface area contributed by atoms with Crippen molar-refractivity contribution in [3.63, 3.8) is 0 Å². The Morgan fingerprint density at radius 1 is 1.29 bits per heavy atom. The van der Waals surface area contributed by atoms with Crippen molar-refractivity contribution in [3.05, 3.63) is 29.8 Å². The van der Waals surface area contributed by atoms with Gasteiger partial charge in [0.1, 0.15) is 5.78 Å². The predicted octanol–water partition coefficient (Wildman–Crippen LogP) is 3.31. The molecule has 0 N–H and O–H groups in total. The molecule has 0 unspecified atom stereocenters. The molecule has 0 aromatic heterocycles. The Balaban J connectivity index is 2.42. The summed E-state index contributed by atoms with van der Waals surface area (Å²) in [6.07, 6.45) is 4.43. The molecule has 88 valence electrons. The molecular weight excluding hydrogens is 230 g/mol. The molecule has 1 aromatic rings. The number of Topliss-reactive ketones (excluding diaryl/α,β-unsaturated/α-hetero) is 1. The Morgan fingerprint density at radius 2 is 1.94 bits per heavy atom. The molecule has 1 aromatic carbocycles. The maximum Gasteiger partial charge on any atom is 0.133 e. The van der Waals surface area contributed by atoms with Gasteiger partial charge in [0, 0.05) is 17.7 Å². The highest BCUT2D eigenvalue weighted by Crippen LogP contribution is 2.41. The molecule has 0 bridgehead atoms. The number of hydrogen-bond acceptors (Lipinski definition) is 3. The van der Waals surface area contributed by atoms with E-state index in [1.807, 2.05) is 24.5 Å². The van der Waals surface area contributed by atoms with E-state index in [9.17, 15) is 10.1 Å². The van der Waals surface area contributed by atoms with Crippen LogP contribution in [0.3, 0.4) is 0 Å². The number of thioether (sulfide) groups is 1. The van der Waals surface area contributed by atoms with Gasteiger partial charge in [0.2, 0.25) is 0 Å². The van der Waals surface area contributed by atoms with Crippen LogP contribution in [0.25, 0.3) is 0 Å². The number of carbonyl (C=O) groups excluding carboxylic acids is 1. The van der Waals surface area contributed by atoms with Gasteiger partial charge in [0.25, 0.3) is 0 Å². The van der Waals surface area contributed by atoms with Crippen molar-refractivity contribution in [2.75, 3.05) is 6.26 Å². The first kappa shape index (κ1) is 12.2. The third-order valence-electron chi connectivity index (χ3n) is 3.50. The van der Waals surface area contributed by atoms with Gasteiger partial charge in [0.15, 0.2) is 0 Å². The lowest BCUT2D eigenvalue weighted by Crippen LogP contribution is -2.30. The molecule has 0 spiro atoms. The van der Waals surface area contributed by atoms with Crippen LogP contribution in [0, 0.1) is 11.3 Å². The molecule has 17 heavy (non-hydrogen) atoms. The zero-order chi connectivity index (χ0) is 12.3. The zero-order valence-corrected chi connectivity index (χ0v) is 10.7. The van der Waals surface area contributed by atoms with Gasteiger partial charge in [-0.2, -0.15) is 5.26 Å². The van der Waals surface area contributed by atoms with E-state index in [-0.39, 0.29) is 5.78 Å². The summed E-state index contributed by atoms with van der Waals surface area (Å²) >= 11 is 1.67. The van der Waals surface area contributed by atoms with Crippen LogP contribution in [-0.2, 0) is 10.2 Å². The summed E-state index contributed by atoms with van der Waals surface area (Å²) < 4.78 is 0. The second-order valence-electron chi connectivity index (χ2n) is 4.43. The van der Waals surface area contributed by atoms with Crippen LogP contribution in [0.2, 0.25) is 0 Å². The summed E-state index contributed by atoms with van der Waals surface area (Å²) in [5, 5.41) is 9.53. The summed E-state index contributed by atoms with van der Waals surface area (Å²) in [7, 11) is 0. The molecule has 0 amide bonds. The number of nitriles is 1. The van der Waals surface area contributed by atoms with Crippen LogP contribution in [0.1, 0.15) is 31.2 Å². The van der Waals surface area contributed by atoms with E-state index in [4.69, 9.17) is 0 Å². The Morgan fingerprint density at radius 3 is 2.53 bits per heavy atom. The first-order valence-corrected chi connectivity index (χ1v) is 7.01. The minimum Gasteiger partial charge on any atom is -0.300 e. The number of ketones is 1. The summed E-state index contributed by atoms with van der Waals surface area (Å²) in [6.45, 7) is 0. The molecule has 0 aliphatic heterocycles. The molecule has 0 atom stereocenters. The van der Waals surface area contributed by atoms with Crippen molar-refractivity contribution in [2.24, 2.45) is 0 Å². The van der Waals surface area contributed by atoms with Crippen molar-refractivity contribution in [2.45, 2.75) is 36.0 Å². The second kappa shape index (κ2) is 4.93. The van der Waals surface area contributed by atoms with Gasteiger partial charge < -0.3 is 0 Å². The molecule has 1 aliphatic carbocycles. The van der Waals surface area contributed by atoms with Crippen LogP contribution in [0.5, 0.6) is 0 Å². The van der Waals surface area contributed by atoms with E-state index in [1.54, 1.807) is 11.8 Å². The standard InChI is InChI=1S/C14H15NOS/c1-17-13-5-3-2-4-12(13)14(10-15)8-6-11(16)7-9-14/h2-5H,6-9H2,1H3. The van der Waals surface area contributed by atoms with Crippen molar-refractivity contribution in [1.82, 2.24) is 0 Å². The minimum atomic E-state index is -0.451. The first-order chi connectivity index (χ1) is 8.22. The smallest absolute Gasteiger partial charge is 0.133 e. The Kier molecular flexibility index (Phi) is 3.54. The molecule has 0 heterocycles. The molecule has 0 radical (unpaired) electrons. The van der Waals surface area contributed by atoms with Gasteiger partial charge >= 0.3 is 0 Å². The summed E-state index contributed by atoms with van der Waals surface area (Å²) in [4.78, 5) is 12.5. The lowest BCUT2D eigenvalue weighted by Gasteiger charge is -2.31. The Bertz CT molecular complexity index is 465. The SMILES string of the molecule is CSc1ccccc1C1(C#N)CCC(=O)CC1. The normalized spacial score (nSPS) is 18.7. The number of nitrogens with zero attached hydrogens (tertiary/aromatic N) is 1. The maximum atomic E-state index is 11.3. The zero-order valence-electron chi connectivity index (χ0n) is 9.90. The average Bonchev–Trinajstić information content (AvgIpc) is 2.40. The summed E-state index contributed by atoms with van der Waals surface area (Å²) in [6, 6.07) is 10.5. The molecule has 2 rings (SSSR count). The average molecular weight is 245 g/mol. The molecule has 0 saturated heterocycles. The van der Waals surface area contributed by atoms with Gasteiger partial charge in [-0.25, -0.2) is 0 Å². The third-order valence-corrected chi connectivity index (χ3v) is 4.29. The quantitative estimate of drug-likeness (QED) is 0.750. The summed E-state index contributed by atoms with van der Waals surface area (Å²) in [5.41, 5.74) is 0.649. The fourth-order valence-electron chi connectivity index (χ4n) is 2.44. The highest BCUT2D eigenvalue weighted by atomic mass is 32.2. The minimum absolute atomic E-state index is 0.289. The molecule has 1 fully saturated rings. The van der Waals surface area contributed by atoms with Crippen molar-refractivity contribution >= 4 is 17.5 Å². The lowest BCUT2D eigenvalue weighted by molar-refractivity contribution is -0.121. The van der Waals surface area contributed by atoms with Crippen molar-refractivity contribution in [1.29, 1.82) is 5.26 Å². The van der Waals surface area contributed by atoms with E-state index < -0.39 is 5.41 Å². The van der Waals surface area contributed by atoms with E-state index in [0.717, 1.165) is 10.5 Å². The van der Waals surface area contributed by atoms with Crippen molar-refractivity contribution in [3.8, 4) is 6.07 Å². The van der Waals surface area contributed by atoms with Crippen LogP contribution < -0.4 is 0 Å². The highest BCUT2D eigenvalue weighted by molar-refractivity contribution is 7.98. The van der Waals surface area contributed by atoms with Crippen molar-refractivity contribution < 1.29 is 4.79 Å². The third kappa shape index (κ3) is 2.23. The topological polar surface area (TPSA) is 40.9 Å². The monoisotopic (exact) mass is 245 g/mol. The van der Waals surface area contributed by atoms with Gasteiger partial charge in [-0.05, 0) is 30.7 Å². The molecule has 2 nitrogen and oxygen atoms in total. The molecule has 1 aliphatic rings. The van der Waals surface area contributed by atoms with Gasteiger partial charge in [0.05, 0.1) is 11.5 Å². The summed E-state index contributed by atoms with van der Waals surface area (Å²) in [5.74, 6) is 0.289. The largest absolute Gasteiger partial charge is 0.300 e. The van der Waals surface area contributed by atoms with Crippen LogP contribution in [-0.4, -0.2) is 12.0 Å². The van der Waals surface area contributed by atoms with E-state index in [2.05, 4.69) is 12.1 Å². The number of carbonyl (C=O) groups is 1. The fraction of sp³-hybridized carbons (Fsp3) is 0.429. The number of hydrogen-bond donors (Lipinski definition) is 0. The lowest BCUT2D eigenvalue weighted by atomic mass is 9.70. The molecule has 1 saturated carbocycles. The predicted molar refractivity (Wildman–Crippen MR) is 69.0 cm³/mol. The van der Waals surface area contributed by atoms with E-state index in [1.165, 1.54) is 0 Å². The number of benzene rings is 1. The fourth-order valence-corrected chi connectivity index (χ4v) is 3.13. The first-order valence-electron chi connectivity index (χ1n) is 5.78. The highest BCUT2D eigenvalue weighted by Gasteiger charge is 2.37. The van der Waals surface area contributed by atoms with Crippen LogP contribution in [0.15, 0.2) is 29.2 Å². The van der Waals surface area contributed by atoms with Crippen LogP contribution >= 0.6 is 11.8 Å². The second-order valence-corrected chi connectivity index (χ2v) is 5.28. The maximum absolute atomic E-state index is 11.3. The molecule has 3 heteroatoms. The Labute approximate surface area is 106 Å². The van der Waals surface area contributed by atoms with E-state index in [0.29, 0.717) is 25.7 Å². The number of rotatable bonds is 2. The van der Waals surface area contributed by atoms with Gasteiger partial charge in [-0.3, -0.25) is 4.79 Å². The van der Waals surface area contributed by atoms with Gasteiger partial charge in [-0.1, -0.05) is 18.2 Å². The van der Waals surface area contributed by atoms with Crippen LogP contribution in [0.4, 0.5) is 0 Å². The molecular formula is C14H15NOS. The Hall–Kier alpha value is -1.27. The van der Waals surface area contributed by atoms with Gasteiger partial charge in [-0.15, -0.1) is 11.8 Å². The van der Waals surface area contributed by atoms with E-state index >= 15 is 0 Å².